The quantitative estimate of drug-likeness (QED) is 0.716. The topological polar surface area (TPSA) is 59.7 Å². The number of rotatable bonds is 2. The van der Waals surface area contributed by atoms with Crippen molar-refractivity contribution >= 4 is 27.7 Å². The van der Waals surface area contributed by atoms with Gasteiger partial charge in [0, 0.05) is 21.7 Å². The largest absolute Gasteiger partial charge is 0.507 e. The number of carbonyl (C=O) groups excluding carboxylic acids is 1. The van der Waals surface area contributed by atoms with Crippen LogP contribution in [0.2, 0.25) is 0 Å². The second kappa shape index (κ2) is 4.81. The number of aromatic hydroxyl groups is 1. The van der Waals surface area contributed by atoms with Gasteiger partial charge in [-0.1, -0.05) is 38.1 Å². The summed E-state index contributed by atoms with van der Waals surface area (Å²) in [6, 6.07) is 9.06. The number of fused-ring (bicyclic) bond motifs is 3. The molecule has 0 saturated heterocycles. The zero-order chi connectivity index (χ0) is 15.1. The van der Waals surface area contributed by atoms with Gasteiger partial charge in [-0.05, 0) is 12.0 Å². The van der Waals surface area contributed by atoms with E-state index in [1.165, 1.54) is 7.11 Å². The van der Waals surface area contributed by atoms with Crippen molar-refractivity contribution in [2.75, 3.05) is 7.11 Å². The average molecular weight is 284 g/mol. The summed E-state index contributed by atoms with van der Waals surface area (Å²) in [6.07, 6.45) is 0. The van der Waals surface area contributed by atoms with E-state index in [4.69, 9.17) is 9.15 Å². The van der Waals surface area contributed by atoms with Crippen LogP contribution < -0.4 is 0 Å². The number of benzene rings is 2. The van der Waals surface area contributed by atoms with Crippen molar-refractivity contribution in [3.05, 3.63) is 41.7 Å². The minimum absolute atomic E-state index is 0.0703. The molecule has 0 amide bonds. The fourth-order valence-electron chi connectivity index (χ4n) is 2.74. The first kappa shape index (κ1) is 13.5. The number of furan rings is 1. The maximum absolute atomic E-state index is 12.0. The number of esters is 1. The number of hydrogen-bond donors (Lipinski definition) is 1. The standard InChI is InChI=1S/C17H16O4/c1-9(2)14-12-8-13(18)10-6-4-5-7-11(10)15(12)21-16(14)17(19)20-3/h4-9,18H,1-3H3. The molecular weight excluding hydrogens is 268 g/mol. The molecule has 2 aromatic carbocycles. The van der Waals surface area contributed by atoms with Crippen LogP contribution in [0.5, 0.6) is 5.75 Å². The fourth-order valence-corrected chi connectivity index (χ4v) is 2.74. The van der Waals surface area contributed by atoms with Crippen molar-refractivity contribution in [3.8, 4) is 5.75 Å². The molecule has 0 bridgehead atoms. The lowest BCUT2D eigenvalue weighted by Gasteiger charge is -2.06. The van der Waals surface area contributed by atoms with Crippen molar-refractivity contribution in [1.82, 2.24) is 0 Å². The molecule has 0 saturated carbocycles. The molecule has 0 unspecified atom stereocenters. The van der Waals surface area contributed by atoms with Gasteiger partial charge in [-0.15, -0.1) is 0 Å². The Balaban J connectivity index is 2.49. The zero-order valence-corrected chi connectivity index (χ0v) is 12.1. The van der Waals surface area contributed by atoms with Crippen LogP contribution >= 0.6 is 0 Å². The van der Waals surface area contributed by atoms with E-state index in [0.29, 0.717) is 11.0 Å². The molecule has 1 aromatic heterocycles. The third-order valence-corrected chi connectivity index (χ3v) is 3.66. The maximum atomic E-state index is 12.0. The van der Waals surface area contributed by atoms with Crippen LogP contribution in [-0.4, -0.2) is 18.2 Å². The van der Waals surface area contributed by atoms with Gasteiger partial charge in [0.15, 0.2) is 0 Å². The molecule has 21 heavy (non-hydrogen) atoms. The molecule has 3 rings (SSSR count). The Labute approximate surface area is 121 Å². The van der Waals surface area contributed by atoms with E-state index < -0.39 is 5.97 Å². The lowest BCUT2D eigenvalue weighted by Crippen LogP contribution is -2.03. The molecule has 4 nitrogen and oxygen atoms in total. The van der Waals surface area contributed by atoms with Crippen molar-refractivity contribution < 1.29 is 19.1 Å². The van der Waals surface area contributed by atoms with E-state index in [1.807, 2.05) is 38.1 Å². The second-order valence-corrected chi connectivity index (χ2v) is 5.31. The SMILES string of the molecule is COC(=O)c1oc2c(cc(O)c3ccccc32)c1C(C)C. The van der Waals surface area contributed by atoms with Gasteiger partial charge in [-0.2, -0.15) is 0 Å². The molecule has 108 valence electrons. The summed E-state index contributed by atoms with van der Waals surface area (Å²) in [7, 11) is 1.33. The monoisotopic (exact) mass is 284 g/mol. The first-order chi connectivity index (χ1) is 10.0. The van der Waals surface area contributed by atoms with Crippen molar-refractivity contribution in [3.63, 3.8) is 0 Å². The van der Waals surface area contributed by atoms with Gasteiger partial charge in [0.2, 0.25) is 5.76 Å². The van der Waals surface area contributed by atoms with E-state index in [0.717, 1.165) is 16.3 Å². The summed E-state index contributed by atoms with van der Waals surface area (Å²) in [5, 5.41) is 12.5. The molecule has 0 radical (unpaired) electrons. The third-order valence-electron chi connectivity index (χ3n) is 3.66. The summed E-state index contributed by atoms with van der Waals surface area (Å²) in [4.78, 5) is 12.0. The predicted octanol–water partition coefficient (Wildman–Crippen LogP) is 4.20. The Morgan fingerprint density at radius 1 is 1.19 bits per heavy atom. The minimum Gasteiger partial charge on any atom is -0.507 e. The van der Waals surface area contributed by atoms with Crippen molar-refractivity contribution in [2.24, 2.45) is 0 Å². The number of methoxy groups -OCH3 is 1. The third kappa shape index (κ3) is 1.95. The highest BCUT2D eigenvalue weighted by Crippen LogP contribution is 2.40. The first-order valence-corrected chi connectivity index (χ1v) is 6.80. The maximum Gasteiger partial charge on any atom is 0.374 e. The predicted molar refractivity (Wildman–Crippen MR) is 80.8 cm³/mol. The number of phenolic OH excluding ortho intramolecular Hbond substituents is 1. The Kier molecular flexibility index (Phi) is 3.09. The van der Waals surface area contributed by atoms with Gasteiger partial charge < -0.3 is 14.3 Å². The van der Waals surface area contributed by atoms with E-state index in [9.17, 15) is 9.90 Å². The minimum atomic E-state index is -0.501. The van der Waals surface area contributed by atoms with Crippen molar-refractivity contribution in [2.45, 2.75) is 19.8 Å². The van der Waals surface area contributed by atoms with Crippen LogP contribution in [0.15, 0.2) is 34.7 Å². The van der Waals surface area contributed by atoms with Gasteiger partial charge in [0.25, 0.3) is 0 Å². The van der Waals surface area contributed by atoms with Gasteiger partial charge >= 0.3 is 5.97 Å². The van der Waals surface area contributed by atoms with E-state index in [2.05, 4.69) is 0 Å². The van der Waals surface area contributed by atoms with Crippen LogP contribution in [0.3, 0.4) is 0 Å². The summed E-state index contributed by atoms with van der Waals surface area (Å²) < 4.78 is 10.6. The number of carbonyl (C=O) groups is 1. The molecule has 3 aromatic rings. The highest BCUT2D eigenvalue weighted by atomic mass is 16.5. The lowest BCUT2D eigenvalue weighted by molar-refractivity contribution is 0.0565. The molecule has 1 N–H and O–H groups in total. The van der Waals surface area contributed by atoms with E-state index >= 15 is 0 Å². The molecule has 0 atom stereocenters. The first-order valence-electron chi connectivity index (χ1n) is 6.80. The number of phenols is 1. The summed E-state index contributed by atoms with van der Waals surface area (Å²) in [5.41, 5.74) is 1.37. The van der Waals surface area contributed by atoms with Crippen LogP contribution in [0, 0.1) is 0 Å². The fraction of sp³-hybridized carbons (Fsp3) is 0.235. The highest BCUT2D eigenvalue weighted by molar-refractivity contribution is 6.10. The van der Waals surface area contributed by atoms with Crippen LogP contribution in [0.4, 0.5) is 0 Å². The zero-order valence-electron chi connectivity index (χ0n) is 12.1. The Morgan fingerprint density at radius 3 is 2.48 bits per heavy atom. The lowest BCUT2D eigenvalue weighted by atomic mass is 9.97. The molecular formula is C17H16O4. The van der Waals surface area contributed by atoms with Gasteiger partial charge in [-0.25, -0.2) is 4.79 Å². The number of hydrogen-bond acceptors (Lipinski definition) is 4. The Morgan fingerprint density at radius 2 is 1.86 bits per heavy atom. The molecule has 1 heterocycles. The summed E-state index contributed by atoms with van der Waals surface area (Å²) in [6.45, 7) is 3.95. The van der Waals surface area contributed by atoms with E-state index in [1.54, 1.807) is 6.07 Å². The number of ether oxygens (including phenoxy) is 1. The van der Waals surface area contributed by atoms with Crippen LogP contribution in [0.1, 0.15) is 35.9 Å². The molecule has 4 heteroatoms. The molecule has 0 spiro atoms. The van der Waals surface area contributed by atoms with Gasteiger partial charge in [-0.3, -0.25) is 0 Å². The Hall–Kier alpha value is -2.49. The highest BCUT2D eigenvalue weighted by Gasteiger charge is 2.25. The molecule has 0 fully saturated rings. The van der Waals surface area contributed by atoms with Crippen LogP contribution in [0.25, 0.3) is 21.7 Å². The van der Waals surface area contributed by atoms with E-state index in [-0.39, 0.29) is 17.4 Å². The molecule has 0 aliphatic carbocycles. The molecule has 0 aliphatic heterocycles. The van der Waals surface area contributed by atoms with Gasteiger partial charge in [0.05, 0.1) is 7.11 Å². The summed E-state index contributed by atoms with van der Waals surface area (Å²) >= 11 is 0. The average Bonchev–Trinajstić information content (AvgIpc) is 2.86. The second-order valence-electron chi connectivity index (χ2n) is 5.31. The summed E-state index contributed by atoms with van der Waals surface area (Å²) in [5.74, 6) is -0.0464. The smallest absolute Gasteiger partial charge is 0.374 e. The normalized spacial score (nSPS) is 11.4. The molecule has 0 aliphatic rings. The van der Waals surface area contributed by atoms with Crippen LogP contribution in [-0.2, 0) is 4.74 Å². The van der Waals surface area contributed by atoms with Crippen molar-refractivity contribution in [1.29, 1.82) is 0 Å². The Bertz CT molecular complexity index is 843. The van der Waals surface area contributed by atoms with Gasteiger partial charge in [0.1, 0.15) is 11.3 Å².